The van der Waals surface area contributed by atoms with Gasteiger partial charge in [-0.3, -0.25) is 0 Å². The van der Waals surface area contributed by atoms with Crippen molar-refractivity contribution in [1.82, 2.24) is 14.3 Å². The molecular weight excluding hydrogens is 228 g/mol. The van der Waals surface area contributed by atoms with Crippen LogP contribution in [0.2, 0.25) is 0 Å². The van der Waals surface area contributed by atoms with E-state index in [0.29, 0.717) is 13.0 Å². The van der Waals surface area contributed by atoms with Gasteiger partial charge in [0.2, 0.25) is 5.16 Å². The Balaban J connectivity index is 2.33. The molecule has 2 heterocycles. The molecule has 1 fully saturated rings. The largest absolute Gasteiger partial charge is 0.334 e. The molecule has 1 aliphatic heterocycles. The van der Waals surface area contributed by atoms with Gasteiger partial charge >= 0.3 is 0 Å². The van der Waals surface area contributed by atoms with Crippen LogP contribution in [0.1, 0.15) is 19.3 Å². The van der Waals surface area contributed by atoms with Gasteiger partial charge in [0.1, 0.15) is 6.04 Å². The van der Waals surface area contributed by atoms with Gasteiger partial charge < -0.3 is 4.98 Å². The molecule has 0 radical (unpaired) electrons. The molecule has 0 aliphatic carbocycles. The maximum atomic E-state index is 12.1. The van der Waals surface area contributed by atoms with Crippen LogP contribution in [-0.4, -0.2) is 35.3 Å². The van der Waals surface area contributed by atoms with Crippen molar-refractivity contribution < 1.29 is 8.42 Å². The van der Waals surface area contributed by atoms with E-state index in [2.05, 4.69) is 9.97 Å². The summed E-state index contributed by atoms with van der Waals surface area (Å²) in [5.74, 6) is 0. The number of hydrogen-bond acceptors (Lipinski definition) is 4. The molecule has 16 heavy (non-hydrogen) atoms. The Morgan fingerprint density at radius 1 is 1.56 bits per heavy atom. The molecule has 1 aromatic heterocycles. The van der Waals surface area contributed by atoms with E-state index in [1.165, 1.54) is 16.7 Å². The van der Waals surface area contributed by atoms with E-state index >= 15 is 0 Å². The Kier molecular flexibility index (Phi) is 2.94. The highest BCUT2D eigenvalue weighted by atomic mass is 32.2. The van der Waals surface area contributed by atoms with Crippen molar-refractivity contribution >= 4 is 10.0 Å². The van der Waals surface area contributed by atoms with Gasteiger partial charge in [-0.1, -0.05) is 0 Å². The van der Waals surface area contributed by atoms with Crippen molar-refractivity contribution in [1.29, 1.82) is 5.26 Å². The number of imidazole rings is 1. The fraction of sp³-hybridized carbons (Fsp3) is 0.556. The first kappa shape index (κ1) is 11.1. The Hall–Kier alpha value is -1.39. The highest BCUT2D eigenvalue weighted by molar-refractivity contribution is 7.89. The summed E-state index contributed by atoms with van der Waals surface area (Å²) in [6.45, 7) is 0.390. The lowest BCUT2D eigenvalue weighted by Crippen LogP contribution is -2.43. The monoisotopic (exact) mass is 240 g/mol. The molecule has 0 bridgehead atoms. The number of sulfonamides is 1. The van der Waals surface area contributed by atoms with Crippen LogP contribution >= 0.6 is 0 Å². The molecule has 1 aliphatic rings. The van der Waals surface area contributed by atoms with Gasteiger partial charge in [0, 0.05) is 18.9 Å². The van der Waals surface area contributed by atoms with Gasteiger partial charge in [0.25, 0.3) is 10.0 Å². The van der Waals surface area contributed by atoms with Crippen molar-refractivity contribution in [3.05, 3.63) is 12.4 Å². The highest BCUT2D eigenvalue weighted by Gasteiger charge is 2.34. The van der Waals surface area contributed by atoms with E-state index in [9.17, 15) is 8.42 Å². The molecule has 6 nitrogen and oxygen atoms in total. The topological polar surface area (TPSA) is 89.8 Å². The predicted octanol–water partition coefficient (Wildman–Crippen LogP) is 0.476. The Bertz CT molecular complexity index is 488. The number of piperidine rings is 1. The minimum absolute atomic E-state index is 0.0883. The third-order valence-electron chi connectivity index (χ3n) is 2.63. The number of nitrogens with one attached hydrogen (secondary N) is 1. The second kappa shape index (κ2) is 4.23. The first-order valence-corrected chi connectivity index (χ1v) is 6.51. The van der Waals surface area contributed by atoms with Crippen LogP contribution in [0, 0.1) is 11.3 Å². The Morgan fingerprint density at radius 3 is 3.00 bits per heavy atom. The molecule has 0 saturated carbocycles. The van der Waals surface area contributed by atoms with Gasteiger partial charge in [-0.05, 0) is 19.3 Å². The van der Waals surface area contributed by atoms with E-state index in [-0.39, 0.29) is 5.16 Å². The fourth-order valence-corrected chi connectivity index (χ4v) is 3.31. The van der Waals surface area contributed by atoms with Crippen LogP contribution < -0.4 is 0 Å². The number of nitriles is 1. The van der Waals surface area contributed by atoms with Crippen LogP contribution in [0.15, 0.2) is 17.6 Å². The van der Waals surface area contributed by atoms with Crippen molar-refractivity contribution in [2.45, 2.75) is 30.5 Å². The summed E-state index contributed by atoms with van der Waals surface area (Å²) in [7, 11) is -3.64. The first-order valence-electron chi connectivity index (χ1n) is 5.07. The molecule has 0 amide bonds. The molecule has 86 valence electrons. The minimum atomic E-state index is -3.64. The average Bonchev–Trinajstić information content (AvgIpc) is 2.83. The third kappa shape index (κ3) is 1.81. The minimum Gasteiger partial charge on any atom is -0.334 e. The molecule has 7 heteroatoms. The van der Waals surface area contributed by atoms with Crippen LogP contribution in [0.3, 0.4) is 0 Å². The molecule has 1 aromatic rings. The number of hydrogen-bond donors (Lipinski definition) is 1. The Labute approximate surface area is 94.0 Å². The highest BCUT2D eigenvalue weighted by Crippen LogP contribution is 2.22. The standard InChI is InChI=1S/C9H12N4O2S/c10-7-8-3-1-2-6-13(8)16(14,15)9-11-4-5-12-9/h4-5,8H,1-3,6H2,(H,11,12). The summed E-state index contributed by atoms with van der Waals surface area (Å²) in [6.07, 6.45) is 5.12. The van der Waals surface area contributed by atoms with E-state index in [1.807, 2.05) is 6.07 Å². The molecular formula is C9H12N4O2S. The average molecular weight is 240 g/mol. The lowest BCUT2D eigenvalue weighted by atomic mass is 10.1. The Morgan fingerprint density at radius 2 is 2.38 bits per heavy atom. The zero-order valence-corrected chi connectivity index (χ0v) is 9.44. The summed E-state index contributed by atoms with van der Waals surface area (Å²) >= 11 is 0. The zero-order chi connectivity index (χ0) is 11.6. The quantitative estimate of drug-likeness (QED) is 0.814. The maximum absolute atomic E-state index is 12.1. The van der Waals surface area contributed by atoms with Gasteiger partial charge in [0.05, 0.1) is 6.07 Å². The smallest absolute Gasteiger partial charge is 0.277 e. The van der Waals surface area contributed by atoms with Gasteiger partial charge in [-0.25, -0.2) is 13.4 Å². The van der Waals surface area contributed by atoms with Crippen LogP contribution in [0.4, 0.5) is 0 Å². The SMILES string of the molecule is N#CC1CCCCN1S(=O)(=O)c1ncc[nH]1. The van der Waals surface area contributed by atoms with E-state index in [4.69, 9.17) is 5.26 Å². The predicted molar refractivity (Wildman–Crippen MR) is 55.7 cm³/mol. The second-order valence-electron chi connectivity index (χ2n) is 3.65. The summed E-state index contributed by atoms with van der Waals surface area (Å²) in [4.78, 5) is 6.31. The van der Waals surface area contributed by atoms with Crippen LogP contribution in [0.5, 0.6) is 0 Å². The molecule has 1 unspecified atom stereocenters. The number of H-pyrrole nitrogens is 1. The number of nitrogens with zero attached hydrogens (tertiary/aromatic N) is 3. The van der Waals surface area contributed by atoms with Crippen LogP contribution in [0.25, 0.3) is 0 Å². The van der Waals surface area contributed by atoms with Crippen LogP contribution in [-0.2, 0) is 10.0 Å². The molecule has 0 aromatic carbocycles. The third-order valence-corrected chi connectivity index (χ3v) is 4.40. The van der Waals surface area contributed by atoms with E-state index < -0.39 is 16.1 Å². The van der Waals surface area contributed by atoms with Crippen molar-refractivity contribution in [3.8, 4) is 6.07 Å². The van der Waals surface area contributed by atoms with E-state index in [1.54, 1.807) is 0 Å². The molecule has 2 rings (SSSR count). The molecule has 1 N–H and O–H groups in total. The number of aromatic nitrogens is 2. The van der Waals surface area contributed by atoms with Crippen molar-refractivity contribution in [3.63, 3.8) is 0 Å². The summed E-state index contributed by atoms with van der Waals surface area (Å²) in [6, 6.07) is 1.46. The molecule has 1 saturated heterocycles. The van der Waals surface area contributed by atoms with Crippen molar-refractivity contribution in [2.24, 2.45) is 0 Å². The number of aromatic amines is 1. The van der Waals surface area contributed by atoms with E-state index in [0.717, 1.165) is 12.8 Å². The summed E-state index contributed by atoms with van der Waals surface area (Å²) < 4.78 is 25.4. The lowest BCUT2D eigenvalue weighted by molar-refractivity contribution is 0.295. The summed E-state index contributed by atoms with van der Waals surface area (Å²) in [5, 5.41) is 8.85. The molecule has 0 spiro atoms. The number of rotatable bonds is 2. The molecule has 1 atom stereocenters. The second-order valence-corrected chi connectivity index (χ2v) is 5.46. The zero-order valence-electron chi connectivity index (χ0n) is 8.63. The normalized spacial score (nSPS) is 22.8. The van der Waals surface area contributed by atoms with Gasteiger partial charge in [-0.2, -0.15) is 9.57 Å². The fourth-order valence-electron chi connectivity index (χ4n) is 1.82. The first-order chi connectivity index (χ1) is 7.66. The van der Waals surface area contributed by atoms with Crippen molar-refractivity contribution in [2.75, 3.05) is 6.54 Å². The summed E-state index contributed by atoms with van der Waals surface area (Å²) in [5.41, 5.74) is 0. The van der Waals surface area contributed by atoms with Gasteiger partial charge in [-0.15, -0.1) is 0 Å². The van der Waals surface area contributed by atoms with Gasteiger partial charge in [0.15, 0.2) is 0 Å². The lowest BCUT2D eigenvalue weighted by Gasteiger charge is -2.29. The maximum Gasteiger partial charge on any atom is 0.277 e.